The number of halogens is 1. The van der Waals surface area contributed by atoms with Crippen molar-refractivity contribution in [3.63, 3.8) is 0 Å². The summed E-state index contributed by atoms with van der Waals surface area (Å²) in [6.45, 7) is 6.61. The van der Waals surface area contributed by atoms with Crippen molar-refractivity contribution in [2.75, 3.05) is 11.9 Å². The Labute approximate surface area is 121 Å². The normalized spacial score (nSPS) is 22.8. The summed E-state index contributed by atoms with van der Waals surface area (Å²) in [4.78, 5) is 8.80. The van der Waals surface area contributed by atoms with E-state index in [2.05, 4.69) is 22.2 Å². The predicted octanol–water partition coefficient (Wildman–Crippen LogP) is 4.43. The van der Waals surface area contributed by atoms with Crippen LogP contribution in [0.25, 0.3) is 0 Å². The van der Waals surface area contributed by atoms with Crippen molar-refractivity contribution < 1.29 is 4.39 Å². The van der Waals surface area contributed by atoms with Crippen molar-refractivity contribution in [3.8, 4) is 0 Å². The number of rotatable bonds is 5. The number of hydrogen-bond donors (Lipinski definition) is 1. The number of hydrogen-bond acceptors (Lipinski definition) is 3. The van der Waals surface area contributed by atoms with E-state index >= 15 is 0 Å². The molecule has 0 spiro atoms. The molecule has 1 N–H and O–H groups in total. The summed E-state index contributed by atoms with van der Waals surface area (Å²) in [5, 5.41) is 3.00. The van der Waals surface area contributed by atoms with E-state index in [1.807, 2.05) is 6.92 Å². The molecule has 0 atom stereocenters. The van der Waals surface area contributed by atoms with Gasteiger partial charge >= 0.3 is 0 Å². The highest BCUT2D eigenvalue weighted by molar-refractivity contribution is 5.38. The number of aromatic nitrogens is 2. The summed E-state index contributed by atoms with van der Waals surface area (Å²) in [7, 11) is 0. The summed E-state index contributed by atoms with van der Waals surface area (Å²) in [5.74, 6) is 2.15. The Hall–Kier alpha value is -1.19. The van der Waals surface area contributed by atoms with Crippen LogP contribution in [0.2, 0.25) is 0 Å². The van der Waals surface area contributed by atoms with E-state index in [1.165, 1.54) is 25.7 Å². The quantitative estimate of drug-likeness (QED) is 0.866. The summed E-state index contributed by atoms with van der Waals surface area (Å²) >= 11 is 0. The molecule has 1 saturated carbocycles. The fraction of sp³-hybridized carbons (Fsp3) is 0.750. The first-order chi connectivity index (χ1) is 9.65. The van der Waals surface area contributed by atoms with Gasteiger partial charge in [-0.25, -0.2) is 14.4 Å². The third kappa shape index (κ3) is 3.47. The summed E-state index contributed by atoms with van der Waals surface area (Å²) < 4.78 is 13.9. The van der Waals surface area contributed by atoms with Gasteiger partial charge in [0, 0.05) is 12.5 Å². The standard InChI is InChI=1S/C16H26FN3/c1-4-6-12-7-9-13(10-8-12)15-19-11(3)14(17)16(20-15)18-5-2/h12-13H,4-10H2,1-3H3,(H,18,19,20). The molecule has 0 aromatic carbocycles. The van der Waals surface area contributed by atoms with Gasteiger partial charge in [-0.3, -0.25) is 0 Å². The molecule has 1 aromatic heterocycles. The molecule has 1 aliphatic carbocycles. The van der Waals surface area contributed by atoms with Crippen LogP contribution in [-0.2, 0) is 0 Å². The lowest BCUT2D eigenvalue weighted by atomic mass is 9.80. The van der Waals surface area contributed by atoms with Crippen molar-refractivity contribution in [1.29, 1.82) is 0 Å². The van der Waals surface area contributed by atoms with Crippen molar-refractivity contribution >= 4 is 5.82 Å². The van der Waals surface area contributed by atoms with Gasteiger partial charge in [-0.05, 0) is 45.4 Å². The average Bonchev–Trinajstić information content (AvgIpc) is 2.45. The SMILES string of the molecule is CCCC1CCC(c2nc(C)c(F)c(NCC)n2)CC1. The van der Waals surface area contributed by atoms with Crippen LogP contribution in [0.1, 0.15) is 69.8 Å². The maximum absolute atomic E-state index is 13.9. The highest BCUT2D eigenvalue weighted by Gasteiger charge is 2.25. The average molecular weight is 279 g/mol. The third-order valence-electron chi connectivity index (χ3n) is 4.29. The molecule has 1 fully saturated rings. The van der Waals surface area contributed by atoms with Crippen LogP contribution >= 0.6 is 0 Å². The Kier molecular flexibility index (Phi) is 5.32. The Morgan fingerprint density at radius 2 is 1.85 bits per heavy atom. The fourth-order valence-corrected chi connectivity index (χ4v) is 3.17. The number of aryl methyl sites for hydroxylation is 1. The van der Waals surface area contributed by atoms with Crippen molar-refractivity contribution in [1.82, 2.24) is 9.97 Å². The molecule has 0 aliphatic heterocycles. The zero-order chi connectivity index (χ0) is 14.5. The van der Waals surface area contributed by atoms with Crippen molar-refractivity contribution in [3.05, 3.63) is 17.3 Å². The fourth-order valence-electron chi connectivity index (χ4n) is 3.17. The van der Waals surface area contributed by atoms with E-state index < -0.39 is 0 Å². The number of nitrogens with zero attached hydrogens (tertiary/aromatic N) is 2. The van der Waals surface area contributed by atoms with E-state index in [0.717, 1.165) is 24.6 Å². The van der Waals surface area contributed by atoms with Crippen LogP contribution in [0.15, 0.2) is 0 Å². The Balaban J connectivity index is 2.09. The first kappa shape index (κ1) is 15.2. The van der Waals surface area contributed by atoms with Gasteiger partial charge in [0.1, 0.15) is 5.82 Å². The first-order valence-corrected chi connectivity index (χ1v) is 7.93. The molecule has 20 heavy (non-hydrogen) atoms. The molecule has 3 nitrogen and oxygen atoms in total. The molecular formula is C16H26FN3. The molecule has 112 valence electrons. The molecule has 1 aromatic rings. The minimum absolute atomic E-state index is 0.310. The second-order valence-electron chi connectivity index (χ2n) is 5.87. The maximum atomic E-state index is 13.9. The van der Waals surface area contributed by atoms with Crippen LogP contribution in [0.5, 0.6) is 0 Å². The van der Waals surface area contributed by atoms with Gasteiger partial charge in [-0.1, -0.05) is 19.8 Å². The van der Waals surface area contributed by atoms with Crippen LogP contribution in [-0.4, -0.2) is 16.5 Å². The molecule has 0 bridgehead atoms. The Morgan fingerprint density at radius 1 is 1.15 bits per heavy atom. The Morgan fingerprint density at radius 3 is 2.45 bits per heavy atom. The van der Waals surface area contributed by atoms with Crippen LogP contribution in [0.4, 0.5) is 10.2 Å². The molecule has 0 amide bonds. The number of nitrogens with one attached hydrogen (secondary N) is 1. The lowest BCUT2D eigenvalue weighted by Crippen LogP contribution is -2.17. The zero-order valence-corrected chi connectivity index (χ0v) is 12.9. The van der Waals surface area contributed by atoms with Gasteiger partial charge in [0.2, 0.25) is 0 Å². The van der Waals surface area contributed by atoms with E-state index in [0.29, 0.717) is 24.0 Å². The van der Waals surface area contributed by atoms with Crippen LogP contribution < -0.4 is 5.32 Å². The molecular weight excluding hydrogens is 253 g/mol. The minimum Gasteiger partial charge on any atom is -0.368 e. The summed E-state index contributed by atoms with van der Waals surface area (Å²) in [6.07, 6.45) is 7.40. The lowest BCUT2D eigenvalue weighted by Gasteiger charge is -2.27. The monoisotopic (exact) mass is 279 g/mol. The minimum atomic E-state index is -0.310. The largest absolute Gasteiger partial charge is 0.368 e. The van der Waals surface area contributed by atoms with Crippen LogP contribution in [0.3, 0.4) is 0 Å². The molecule has 0 unspecified atom stereocenters. The highest BCUT2D eigenvalue weighted by atomic mass is 19.1. The summed E-state index contributed by atoms with van der Waals surface area (Å²) in [5.41, 5.74) is 0.460. The maximum Gasteiger partial charge on any atom is 0.186 e. The van der Waals surface area contributed by atoms with E-state index in [4.69, 9.17) is 0 Å². The predicted molar refractivity (Wildman–Crippen MR) is 80.5 cm³/mol. The van der Waals surface area contributed by atoms with E-state index in [1.54, 1.807) is 6.92 Å². The smallest absolute Gasteiger partial charge is 0.186 e. The molecule has 4 heteroatoms. The summed E-state index contributed by atoms with van der Waals surface area (Å²) in [6, 6.07) is 0. The van der Waals surface area contributed by atoms with E-state index in [9.17, 15) is 4.39 Å². The lowest BCUT2D eigenvalue weighted by molar-refractivity contribution is 0.302. The van der Waals surface area contributed by atoms with Gasteiger partial charge in [-0.2, -0.15) is 0 Å². The zero-order valence-electron chi connectivity index (χ0n) is 12.9. The molecule has 0 saturated heterocycles. The van der Waals surface area contributed by atoms with Gasteiger partial charge in [0.15, 0.2) is 11.6 Å². The molecule has 1 aliphatic rings. The van der Waals surface area contributed by atoms with Gasteiger partial charge in [0.05, 0.1) is 5.69 Å². The molecule has 2 rings (SSSR count). The van der Waals surface area contributed by atoms with Crippen molar-refractivity contribution in [2.24, 2.45) is 5.92 Å². The van der Waals surface area contributed by atoms with Crippen molar-refractivity contribution in [2.45, 2.75) is 65.2 Å². The Bertz CT molecular complexity index is 440. The number of anilines is 1. The first-order valence-electron chi connectivity index (χ1n) is 7.93. The van der Waals surface area contributed by atoms with Gasteiger partial charge in [-0.15, -0.1) is 0 Å². The second kappa shape index (κ2) is 7.00. The van der Waals surface area contributed by atoms with Gasteiger partial charge in [0.25, 0.3) is 0 Å². The molecule has 0 radical (unpaired) electrons. The highest BCUT2D eigenvalue weighted by Crippen LogP contribution is 2.36. The topological polar surface area (TPSA) is 37.8 Å². The third-order valence-corrected chi connectivity index (χ3v) is 4.29. The van der Waals surface area contributed by atoms with E-state index in [-0.39, 0.29) is 5.82 Å². The second-order valence-corrected chi connectivity index (χ2v) is 5.87. The molecule has 1 heterocycles. The van der Waals surface area contributed by atoms with Crippen LogP contribution in [0, 0.1) is 18.7 Å². The van der Waals surface area contributed by atoms with Gasteiger partial charge < -0.3 is 5.32 Å².